The molecule has 1 unspecified atom stereocenters. The molecule has 1 aliphatic heterocycles. The number of anilines is 1. The first-order chi connectivity index (χ1) is 16.9. The van der Waals surface area contributed by atoms with Crippen molar-refractivity contribution in [1.82, 2.24) is 0 Å². The second kappa shape index (κ2) is 11.4. The van der Waals surface area contributed by atoms with Crippen molar-refractivity contribution in [2.75, 3.05) is 24.3 Å². The van der Waals surface area contributed by atoms with Crippen molar-refractivity contribution < 1.29 is 23.2 Å². The summed E-state index contributed by atoms with van der Waals surface area (Å²) >= 11 is 1.36. The minimum atomic E-state index is -3.40. The van der Waals surface area contributed by atoms with Gasteiger partial charge in [-0.15, -0.1) is 11.8 Å². The summed E-state index contributed by atoms with van der Waals surface area (Å²) in [5, 5.41) is 3.02. The minimum absolute atomic E-state index is 0.0924. The summed E-state index contributed by atoms with van der Waals surface area (Å²) in [6, 6.07) is 11.3. The predicted octanol–water partition coefficient (Wildman–Crippen LogP) is 6.54. The number of thioether (sulfide) groups is 1. The van der Waals surface area contributed by atoms with Gasteiger partial charge in [0.2, 0.25) is 5.91 Å². The molecule has 1 saturated carbocycles. The number of aryl methyl sites for hydroxylation is 1. The molecule has 35 heavy (non-hydrogen) atoms. The molecule has 1 N–H and O–H groups in total. The Kier molecular flexibility index (Phi) is 8.54. The van der Waals surface area contributed by atoms with Crippen LogP contribution in [0.4, 0.5) is 5.69 Å². The van der Waals surface area contributed by atoms with Gasteiger partial charge in [-0.25, -0.2) is 0 Å². The topological polar surface area (TPSA) is 81.7 Å². The minimum Gasteiger partial charge on any atom is -0.325 e. The SMILES string of the molecule is CCOP(=O)(OCC)c1ccc(NC(=O)C2SCC(=O)c3cc(C4CCCCC4)ccc32)c(C)c1. The van der Waals surface area contributed by atoms with Crippen LogP contribution in [0.3, 0.4) is 0 Å². The van der Waals surface area contributed by atoms with E-state index >= 15 is 0 Å². The van der Waals surface area contributed by atoms with Crippen LogP contribution in [0, 0.1) is 6.92 Å². The molecule has 1 aliphatic carbocycles. The van der Waals surface area contributed by atoms with Gasteiger partial charge in [-0.05, 0) is 80.5 Å². The Morgan fingerprint density at radius 2 is 1.77 bits per heavy atom. The number of amides is 1. The Balaban J connectivity index is 1.54. The number of rotatable bonds is 8. The molecule has 1 fully saturated rings. The molecule has 6 nitrogen and oxygen atoms in total. The summed E-state index contributed by atoms with van der Waals surface area (Å²) in [5.74, 6) is 0.732. The van der Waals surface area contributed by atoms with Gasteiger partial charge in [0.1, 0.15) is 5.25 Å². The fraction of sp³-hybridized carbons (Fsp3) is 0.481. The quantitative estimate of drug-likeness (QED) is 0.402. The van der Waals surface area contributed by atoms with E-state index in [9.17, 15) is 14.2 Å². The van der Waals surface area contributed by atoms with Crippen LogP contribution in [-0.4, -0.2) is 30.7 Å². The van der Waals surface area contributed by atoms with Crippen LogP contribution in [0.1, 0.15) is 84.2 Å². The number of carbonyl (C=O) groups is 2. The van der Waals surface area contributed by atoms with E-state index in [-0.39, 0.29) is 24.9 Å². The van der Waals surface area contributed by atoms with E-state index in [0.717, 1.165) is 11.1 Å². The van der Waals surface area contributed by atoms with Gasteiger partial charge < -0.3 is 14.4 Å². The second-order valence-corrected chi connectivity index (χ2v) is 12.2. The lowest BCUT2D eigenvalue weighted by molar-refractivity contribution is -0.115. The molecule has 0 spiro atoms. The molecular weight excluding hydrogens is 481 g/mol. The third-order valence-electron chi connectivity index (χ3n) is 6.74. The zero-order valence-electron chi connectivity index (χ0n) is 20.7. The monoisotopic (exact) mass is 515 g/mol. The van der Waals surface area contributed by atoms with Gasteiger partial charge in [0.05, 0.1) is 24.3 Å². The van der Waals surface area contributed by atoms with Gasteiger partial charge in [0.25, 0.3) is 0 Å². The number of hydrogen-bond acceptors (Lipinski definition) is 6. The lowest BCUT2D eigenvalue weighted by atomic mass is 9.82. The highest BCUT2D eigenvalue weighted by molar-refractivity contribution is 8.01. The number of ketones is 1. The third kappa shape index (κ3) is 5.75. The van der Waals surface area contributed by atoms with Crippen molar-refractivity contribution in [3.63, 3.8) is 0 Å². The van der Waals surface area contributed by atoms with E-state index in [1.54, 1.807) is 32.0 Å². The smallest absolute Gasteiger partial charge is 0.325 e. The average Bonchev–Trinajstić information content (AvgIpc) is 2.86. The molecule has 1 atom stereocenters. The Morgan fingerprint density at radius 3 is 2.43 bits per heavy atom. The van der Waals surface area contributed by atoms with Crippen LogP contribution in [-0.2, 0) is 18.4 Å². The van der Waals surface area contributed by atoms with E-state index < -0.39 is 12.8 Å². The lowest BCUT2D eigenvalue weighted by Crippen LogP contribution is -2.26. The molecule has 8 heteroatoms. The largest absolute Gasteiger partial charge is 0.361 e. The molecule has 0 saturated heterocycles. The third-order valence-corrected chi connectivity index (χ3v) is 10.1. The molecule has 2 aromatic rings. The Morgan fingerprint density at radius 1 is 1.06 bits per heavy atom. The molecule has 0 aromatic heterocycles. The van der Waals surface area contributed by atoms with E-state index in [2.05, 4.69) is 11.4 Å². The standard InChI is InChI=1S/C27H34NO5PS/c1-4-32-34(31,33-5-2)21-12-14-24(18(3)15-21)28-27(30)26-22-13-11-20(19-9-7-6-8-10-19)16-23(22)25(29)17-35-26/h11-16,19,26H,4-10,17H2,1-3H3,(H,28,30). The van der Waals surface area contributed by atoms with Gasteiger partial charge in [-0.2, -0.15) is 0 Å². The Hall–Kier alpha value is -1.92. The molecule has 0 radical (unpaired) electrons. The molecule has 2 aromatic carbocycles. The summed E-state index contributed by atoms with van der Waals surface area (Å²) in [5.41, 5.74) is 4.10. The fourth-order valence-electron chi connectivity index (χ4n) is 4.96. The molecule has 2 aliphatic rings. The molecule has 1 amide bonds. The zero-order valence-corrected chi connectivity index (χ0v) is 22.4. The van der Waals surface area contributed by atoms with Crippen LogP contribution >= 0.6 is 19.4 Å². The maximum atomic E-state index is 13.3. The van der Waals surface area contributed by atoms with Crippen molar-refractivity contribution in [3.05, 3.63) is 58.7 Å². The molecule has 0 bridgehead atoms. The van der Waals surface area contributed by atoms with E-state index in [0.29, 0.717) is 28.2 Å². The van der Waals surface area contributed by atoms with Crippen LogP contribution < -0.4 is 10.6 Å². The highest BCUT2D eigenvalue weighted by Gasteiger charge is 2.33. The lowest BCUT2D eigenvalue weighted by Gasteiger charge is -2.27. The molecule has 4 rings (SSSR count). The number of hydrogen-bond donors (Lipinski definition) is 1. The van der Waals surface area contributed by atoms with Crippen molar-refractivity contribution in [2.24, 2.45) is 0 Å². The summed E-state index contributed by atoms with van der Waals surface area (Å²) in [4.78, 5) is 26.1. The molecular formula is C27H34NO5PS. The summed E-state index contributed by atoms with van der Waals surface area (Å²) in [7, 11) is -3.40. The normalized spacial score (nSPS) is 18.8. The van der Waals surface area contributed by atoms with Crippen LogP contribution in [0.15, 0.2) is 36.4 Å². The van der Waals surface area contributed by atoms with Gasteiger partial charge in [0, 0.05) is 11.3 Å². The Labute approximate surface area is 212 Å². The number of nitrogens with one attached hydrogen (secondary N) is 1. The number of benzene rings is 2. The predicted molar refractivity (Wildman–Crippen MR) is 142 cm³/mol. The number of carbonyl (C=O) groups excluding carboxylic acids is 2. The number of Topliss-reactive ketones (excluding diaryl/α,β-unsaturated/α-hetero) is 1. The highest BCUT2D eigenvalue weighted by atomic mass is 32.2. The van der Waals surface area contributed by atoms with Crippen molar-refractivity contribution in [3.8, 4) is 0 Å². The van der Waals surface area contributed by atoms with Crippen molar-refractivity contribution in [2.45, 2.75) is 64.0 Å². The van der Waals surface area contributed by atoms with Crippen LogP contribution in [0.2, 0.25) is 0 Å². The average molecular weight is 516 g/mol. The summed E-state index contributed by atoms with van der Waals surface area (Å²) in [6.45, 7) is 5.94. The fourth-order valence-corrected chi connectivity index (χ4v) is 7.69. The first-order valence-corrected chi connectivity index (χ1v) is 15.0. The van der Waals surface area contributed by atoms with Gasteiger partial charge in [-0.1, -0.05) is 31.4 Å². The second-order valence-electron chi connectivity index (χ2n) is 9.12. The first kappa shape index (κ1) is 26.2. The van der Waals surface area contributed by atoms with E-state index in [1.165, 1.54) is 49.4 Å². The maximum absolute atomic E-state index is 13.3. The van der Waals surface area contributed by atoms with E-state index in [1.807, 2.05) is 19.1 Å². The zero-order chi connectivity index (χ0) is 25.0. The Bertz CT molecular complexity index is 1130. The number of fused-ring (bicyclic) bond motifs is 1. The van der Waals surface area contributed by atoms with Crippen molar-refractivity contribution >= 4 is 42.0 Å². The van der Waals surface area contributed by atoms with Crippen LogP contribution in [0.25, 0.3) is 0 Å². The van der Waals surface area contributed by atoms with Crippen molar-refractivity contribution in [1.29, 1.82) is 0 Å². The van der Waals surface area contributed by atoms with Gasteiger partial charge >= 0.3 is 7.60 Å². The molecule has 1 heterocycles. The highest BCUT2D eigenvalue weighted by Crippen LogP contribution is 2.47. The van der Waals surface area contributed by atoms with Gasteiger partial charge in [-0.3, -0.25) is 14.2 Å². The maximum Gasteiger partial charge on any atom is 0.361 e. The summed E-state index contributed by atoms with van der Waals surface area (Å²) in [6.07, 6.45) is 6.09. The van der Waals surface area contributed by atoms with E-state index in [4.69, 9.17) is 9.05 Å². The first-order valence-electron chi connectivity index (χ1n) is 12.5. The van der Waals surface area contributed by atoms with Crippen LogP contribution in [0.5, 0.6) is 0 Å². The molecule has 188 valence electrons. The van der Waals surface area contributed by atoms with Gasteiger partial charge in [0.15, 0.2) is 5.78 Å². The summed E-state index contributed by atoms with van der Waals surface area (Å²) < 4.78 is 24.0.